The van der Waals surface area contributed by atoms with Crippen LogP contribution in [0.4, 0.5) is 5.69 Å². The van der Waals surface area contributed by atoms with E-state index in [0.717, 1.165) is 56.0 Å². The van der Waals surface area contributed by atoms with Crippen LogP contribution in [0.25, 0.3) is 22.2 Å². The van der Waals surface area contributed by atoms with Gasteiger partial charge in [-0.2, -0.15) is 0 Å². The van der Waals surface area contributed by atoms with Crippen LogP contribution in [0.2, 0.25) is 0 Å². The molecule has 0 saturated carbocycles. The number of hydrogen-bond donors (Lipinski definition) is 0. The molecule has 0 unspecified atom stereocenters. The molecule has 3 aromatic rings. The summed E-state index contributed by atoms with van der Waals surface area (Å²) in [4.78, 5) is 10.1. The Balaban J connectivity index is 0.00000192. The number of ether oxygens (including phenoxy) is 1. The average molecular weight is 377 g/mol. The number of para-hydroxylation sites is 1. The number of methoxy groups -OCH3 is 1. The van der Waals surface area contributed by atoms with E-state index in [1.807, 2.05) is 0 Å². The predicted molar refractivity (Wildman–Crippen MR) is 114 cm³/mol. The molecule has 0 atom stereocenters. The molecular weight excluding hydrogens is 350 g/mol. The highest BCUT2D eigenvalue weighted by Crippen LogP contribution is 2.42. The Hall–Kier alpha value is -2.63. The third-order valence-corrected chi connectivity index (χ3v) is 5.99. The molecule has 2 N–H and O–H groups in total. The minimum absolute atomic E-state index is 0. The van der Waals surface area contributed by atoms with Gasteiger partial charge in [0.1, 0.15) is 5.75 Å². The Morgan fingerprint density at radius 1 is 0.964 bits per heavy atom. The monoisotopic (exact) mass is 377 g/mol. The van der Waals surface area contributed by atoms with Crippen molar-refractivity contribution in [1.82, 2.24) is 9.88 Å². The second-order valence-electron chi connectivity index (χ2n) is 7.62. The van der Waals surface area contributed by atoms with Gasteiger partial charge in [-0.15, -0.1) is 0 Å². The molecule has 5 heteroatoms. The number of piperazine rings is 1. The number of fused-ring (bicyclic) bond motifs is 4. The number of nitrogens with zero attached hydrogens (tertiary/aromatic N) is 3. The first-order chi connectivity index (χ1) is 13.2. The van der Waals surface area contributed by atoms with E-state index in [1.54, 1.807) is 7.11 Å². The fourth-order valence-electron chi connectivity index (χ4n) is 4.48. The van der Waals surface area contributed by atoms with Gasteiger partial charge < -0.3 is 20.0 Å². The van der Waals surface area contributed by atoms with Crippen molar-refractivity contribution in [2.75, 3.05) is 45.2 Å². The second-order valence-corrected chi connectivity index (χ2v) is 7.62. The summed E-state index contributed by atoms with van der Waals surface area (Å²) >= 11 is 0. The van der Waals surface area contributed by atoms with E-state index >= 15 is 0 Å². The zero-order valence-electron chi connectivity index (χ0n) is 16.5. The third kappa shape index (κ3) is 3.01. The minimum atomic E-state index is 0. The number of hydrogen-bond acceptors (Lipinski definition) is 4. The maximum atomic E-state index is 5.43. The Morgan fingerprint density at radius 3 is 2.54 bits per heavy atom. The molecule has 0 radical (unpaired) electrons. The fraction of sp³-hybridized carbons (Fsp3) is 0.348. The Labute approximate surface area is 165 Å². The number of anilines is 1. The molecule has 1 aliphatic carbocycles. The lowest BCUT2D eigenvalue weighted by Crippen LogP contribution is -2.45. The summed E-state index contributed by atoms with van der Waals surface area (Å²) in [6, 6.07) is 15.0. The smallest absolute Gasteiger partial charge is 0.119 e. The first kappa shape index (κ1) is 18.7. The fourth-order valence-corrected chi connectivity index (χ4v) is 4.48. The van der Waals surface area contributed by atoms with Gasteiger partial charge >= 0.3 is 0 Å². The van der Waals surface area contributed by atoms with Crippen molar-refractivity contribution in [2.24, 2.45) is 0 Å². The van der Waals surface area contributed by atoms with Crippen LogP contribution in [-0.4, -0.2) is 55.7 Å². The van der Waals surface area contributed by atoms with Crippen molar-refractivity contribution in [3.05, 3.63) is 53.6 Å². The van der Waals surface area contributed by atoms with Crippen LogP contribution in [0.3, 0.4) is 0 Å². The van der Waals surface area contributed by atoms with Gasteiger partial charge in [-0.05, 0) is 49.7 Å². The number of benzene rings is 2. The van der Waals surface area contributed by atoms with Crippen molar-refractivity contribution in [1.29, 1.82) is 0 Å². The van der Waals surface area contributed by atoms with Gasteiger partial charge in [-0.25, -0.2) is 4.98 Å². The van der Waals surface area contributed by atoms with E-state index in [2.05, 4.69) is 59.3 Å². The number of rotatable bonds is 2. The summed E-state index contributed by atoms with van der Waals surface area (Å²) < 4.78 is 5.43. The maximum Gasteiger partial charge on any atom is 0.119 e. The van der Waals surface area contributed by atoms with E-state index in [0.29, 0.717) is 0 Å². The van der Waals surface area contributed by atoms with Crippen LogP contribution in [0, 0.1) is 0 Å². The topological polar surface area (TPSA) is 60.1 Å². The molecule has 146 valence electrons. The van der Waals surface area contributed by atoms with Crippen LogP contribution in [0.1, 0.15) is 11.1 Å². The SMILES string of the molecule is COc1ccc2c(c1)CCc1c-2nc2ccccc2c1N1CCN(C)CC1.O. The largest absolute Gasteiger partial charge is 0.497 e. The molecule has 1 aromatic heterocycles. The molecule has 1 aliphatic heterocycles. The number of likely N-dealkylation sites (N-methyl/N-ethyl adjacent to an activating group) is 1. The first-order valence-corrected chi connectivity index (χ1v) is 9.77. The Morgan fingerprint density at radius 2 is 1.75 bits per heavy atom. The van der Waals surface area contributed by atoms with E-state index in [9.17, 15) is 0 Å². The summed E-state index contributed by atoms with van der Waals surface area (Å²) in [5.41, 5.74) is 7.67. The van der Waals surface area contributed by atoms with Gasteiger partial charge in [-0.3, -0.25) is 0 Å². The highest BCUT2D eigenvalue weighted by atomic mass is 16.5. The van der Waals surface area contributed by atoms with Gasteiger partial charge in [0.15, 0.2) is 0 Å². The van der Waals surface area contributed by atoms with E-state index in [-0.39, 0.29) is 5.48 Å². The molecule has 0 amide bonds. The van der Waals surface area contributed by atoms with Crippen molar-refractivity contribution < 1.29 is 10.2 Å². The standard InChI is InChI=1S/C23H25N3O.H2O/c1-25-11-13-26(14-12-25)23-19-5-3-4-6-21(19)24-22-18-10-8-17(27-2)15-16(18)7-9-20(22)23;/h3-6,8,10,15H,7,9,11-14H2,1-2H3;1H2. The molecule has 2 heterocycles. The molecule has 2 aliphatic rings. The van der Waals surface area contributed by atoms with Gasteiger partial charge in [-0.1, -0.05) is 18.2 Å². The Bertz CT molecular complexity index is 1010. The minimum Gasteiger partial charge on any atom is -0.497 e. The maximum absolute atomic E-state index is 5.43. The van der Waals surface area contributed by atoms with Crippen LogP contribution in [0.5, 0.6) is 5.75 Å². The van der Waals surface area contributed by atoms with Crippen LogP contribution in [0.15, 0.2) is 42.5 Å². The predicted octanol–water partition coefficient (Wildman–Crippen LogP) is 2.94. The summed E-state index contributed by atoms with van der Waals surface area (Å²) in [5.74, 6) is 0.928. The molecule has 0 bridgehead atoms. The molecule has 5 nitrogen and oxygen atoms in total. The van der Waals surface area contributed by atoms with E-state index in [1.165, 1.54) is 27.8 Å². The lowest BCUT2D eigenvalue weighted by molar-refractivity contribution is 0.313. The second kappa shape index (κ2) is 7.41. The normalized spacial score (nSPS) is 16.3. The zero-order valence-corrected chi connectivity index (χ0v) is 16.5. The van der Waals surface area contributed by atoms with Crippen molar-refractivity contribution in [2.45, 2.75) is 12.8 Å². The molecule has 2 aromatic carbocycles. The Kier molecular flexibility index (Phi) is 4.96. The van der Waals surface area contributed by atoms with Gasteiger partial charge in [0.05, 0.1) is 24.0 Å². The number of pyridine rings is 1. The lowest BCUT2D eigenvalue weighted by atomic mass is 9.86. The van der Waals surface area contributed by atoms with E-state index < -0.39 is 0 Å². The van der Waals surface area contributed by atoms with Crippen molar-refractivity contribution in [3.63, 3.8) is 0 Å². The summed E-state index contributed by atoms with van der Waals surface area (Å²) in [6.45, 7) is 4.37. The van der Waals surface area contributed by atoms with Gasteiger partial charge in [0, 0.05) is 42.7 Å². The van der Waals surface area contributed by atoms with Gasteiger partial charge in [0.2, 0.25) is 0 Å². The highest BCUT2D eigenvalue weighted by Gasteiger charge is 2.26. The molecule has 0 spiro atoms. The molecule has 1 fully saturated rings. The van der Waals surface area contributed by atoms with E-state index in [4.69, 9.17) is 9.72 Å². The summed E-state index contributed by atoms with van der Waals surface area (Å²) in [6.07, 6.45) is 2.08. The van der Waals surface area contributed by atoms with Crippen LogP contribution < -0.4 is 9.64 Å². The van der Waals surface area contributed by atoms with Gasteiger partial charge in [0.25, 0.3) is 0 Å². The molecule has 5 rings (SSSR count). The molecule has 1 saturated heterocycles. The summed E-state index contributed by atoms with van der Waals surface area (Å²) in [7, 11) is 3.94. The third-order valence-electron chi connectivity index (χ3n) is 5.99. The molecular formula is C23H27N3O2. The van der Waals surface area contributed by atoms with Crippen LogP contribution in [-0.2, 0) is 12.8 Å². The summed E-state index contributed by atoms with van der Waals surface area (Å²) in [5, 5.41) is 1.29. The van der Waals surface area contributed by atoms with Crippen LogP contribution >= 0.6 is 0 Å². The highest BCUT2D eigenvalue weighted by molar-refractivity contribution is 5.97. The number of aryl methyl sites for hydroxylation is 1. The molecule has 28 heavy (non-hydrogen) atoms. The van der Waals surface area contributed by atoms with Crippen molar-refractivity contribution in [3.8, 4) is 17.0 Å². The quantitative estimate of drug-likeness (QED) is 0.689. The van der Waals surface area contributed by atoms with Crippen molar-refractivity contribution >= 4 is 16.6 Å². The lowest BCUT2D eigenvalue weighted by Gasteiger charge is -2.37. The first-order valence-electron chi connectivity index (χ1n) is 9.77. The average Bonchev–Trinajstić information content (AvgIpc) is 2.72. The zero-order chi connectivity index (χ0) is 18.4. The number of aromatic nitrogens is 1.